The molecule has 0 unspecified atom stereocenters. The Balaban J connectivity index is 1.92. The zero-order valence-corrected chi connectivity index (χ0v) is 15.5. The van der Waals surface area contributed by atoms with Gasteiger partial charge >= 0.3 is 0 Å². The summed E-state index contributed by atoms with van der Waals surface area (Å²) in [6.07, 6.45) is 0.894. The zero-order chi connectivity index (χ0) is 17.2. The number of sulfonamides is 1. The van der Waals surface area contributed by atoms with Gasteiger partial charge in [-0.15, -0.1) is 4.40 Å². The zero-order valence-electron chi connectivity index (χ0n) is 13.1. The minimum Gasteiger partial charge on any atom is -0.319 e. The minimum absolute atomic E-state index is 0.269. The van der Waals surface area contributed by atoms with Crippen LogP contribution in [0.4, 0.5) is 5.69 Å². The molecule has 0 radical (unpaired) electrons. The molecule has 126 valence electrons. The summed E-state index contributed by atoms with van der Waals surface area (Å²) in [6.45, 7) is 2.78. The number of halogens is 1. The van der Waals surface area contributed by atoms with E-state index in [2.05, 4.69) is 11.3 Å². The van der Waals surface area contributed by atoms with Crippen molar-refractivity contribution in [3.05, 3.63) is 59.1 Å². The smallest absolute Gasteiger partial charge is 0.286 e. The first-order valence-corrected chi connectivity index (χ1v) is 10.4. The number of para-hydroxylation sites is 1. The van der Waals surface area contributed by atoms with Crippen LogP contribution < -0.4 is 4.90 Å². The third-order valence-electron chi connectivity index (χ3n) is 3.57. The molecule has 7 heteroatoms. The van der Waals surface area contributed by atoms with Crippen molar-refractivity contribution in [3.63, 3.8) is 0 Å². The van der Waals surface area contributed by atoms with Gasteiger partial charge in [0.15, 0.2) is 5.17 Å². The number of anilines is 1. The van der Waals surface area contributed by atoms with Gasteiger partial charge in [-0.25, -0.2) is 0 Å². The molecule has 2 aromatic rings. The molecule has 2 aromatic carbocycles. The molecule has 0 amide bonds. The van der Waals surface area contributed by atoms with Gasteiger partial charge in [0.2, 0.25) is 0 Å². The molecule has 0 saturated carbocycles. The van der Waals surface area contributed by atoms with Crippen molar-refractivity contribution in [1.29, 1.82) is 0 Å². The molecule has 0 aromatic heterocycles. The number of hydrogen-bond donors (Lipinski definition) is 0. The Morgan fingerprint density at radius 2 is 1.96 bits per heavy atom. The number of nitrogens with zero attached hydrogens (tertiary/aromatic N) is 2. The Hall–Kier alpha value is -1.50. The van der Waals surface area contributed by atoms with E-state index in [1.165, 1.54) is 11.8 Å². The van der Waals surface area contributed by atoms with E-state index in [4.69, 9.17) is 11.6 Å². The molecular weight excluding hydrogens is 364 g/mol. The summed E-state index contributed by atoms with van der Waals surface area (Å²) >= 11 is 7.42. The van der Waals surface area contributed by atoms with Crippen LogP contribution in [0.1, 0.15) is 18.9 Å². The van der Waals surface area contributed by atoms with Gasteiger partial charge in [0, 0.05) is 17.3 Å². The predicted molar refractivity (Wildman–Crippen MR) is 101 cm³/mol. The van der Waals surface area contributed by atoms with Gasteiger partial charge in [-0.05, 0) is 36.2 Å². The van der Waals surface area contributed by atoms with Crippen molar-refractivity contribution in [2.75, 3.05) is 11.4 Å². The van der Waals surface area contributed by atoms with E-state index < -0.39 is 10.0 Å². The summed E-state index contributed by atoms with van der Waals surface area (Å²) in [6, 6.07) is 14.6. The van der Waals surface area contributed by atoms with Crippen molar-refractivity contribution >= 4 is 44.2 Å². The lowest BCUT2D eigenvalue weighted by Crippen LogP contribution is -2.34. The Labute approximate surface area is 151 Å². The third-order valence-corrected chi connectivity index (χ3v) is 6.28. The monoisotopic (exact) mass is 380 g/mol. The second-order valence-electron chi connectivity index (χ2n) is 5.39. The highest BCUT2D eigenvalue weighted by Crippen LogP contribution is 2.35. The first kappa shape index (κ1) is 17.3. The second-order valence-corrected chi connectivity index (χ2v) is 8.34. The number of rotatable bonds is 4. The highest BCUT2D eigenvalue weighted by molar-refractivity contribution is 8.14. The third kappa shape index (κ3) is 3.61. The molecule has 0 saturated heterocycles. The maximum absolute atomic E-state index is 12.5. The Bertz CT molecular complexity index is 882. The van der Waals surface area contributed by atoms with Crippen LogP contribution >= 0.6 is 23.4 Å². The van der Waals surface area contributed by atoms with Crippen molar-refractivity contribution in [1.82, 2.24) is 0 Å². The van der Waals surface area contributed by atoms with Gasteiger partial charge in [0.05, 0.1) is 5.69 Å². The first-order valence-electron chi connectivity index (χ1n) is 7.60. The van der Waals surface area contributed by atoms with Crippen LogP contribution in [0.2, 0.25) is 5.02 Å². The van der Waals surface area contributed by atoms with Gasteiger partial charge in [-0.1, -0.05) is 54.6 Å². The van der Waals surface area contributed by atoms with Gasteiger partial charge in [0.25, 0.3) is 10.0 Å². The highest BCUT2D eigenvalue weighted by atomic mass is 35.5. The lowest BCUT2D eigenvalue weighted by molar-refractivity contribution is 0.597. The van der Waals surface area contributed by atoms with E-state index in [0.29, 0.717) is 28.2 Å². The summed E-state index contributed by atoms with van der Waals surface area (Å²) in [5.74, 6) is 0.608. The molecular formula is C17H17ClN2O2S2. The summed E-state index contributed by atoms with van der Waals surface area (Å²) in [4.78, 5) is 2.25. The Kier molecular flexibility index (Phi) is 5.18. The topological polar surface area (TPSA) is 49.7 Å². The number of benzene rings is 2. The maximum Gasteiger partial charge on any atom is 0.286 e. The molecule has 1 aliphatic rings. The molecule has 0 aliphatic carbocycles. The van der Waals surface area contributed by atoms with Gasteiger partial charge in [-0.3, -0.25) is 0 Å². The standard InChI is InChI=1S/C17H17ClN2O2S2/c1-2-10-20-15-8-3-4-9-16(15)24(21,22)19-17(20)23-12-13-6-5-7-14(18)11-13/h3-9,11H,2,10,12H2,1H3. The molecule has 3 rings (SSSR count). The van der Waals surface area contributed by atoms with Crippen LogP contribution in [0.3, 0.4) is 0 Å². The number of hydrogen-bond acceptors (Lipinski definition) is 4. The van der Waals surface area contributed by atoms with Crippen LogP contribution in [0, 0.1) is 0 Å². The minimum atomic E-state index is -3.66. The SMILES string of the molecule is CCCN1C(SCc2cccc(Cl)c2)=NS(=O)(=O)c2ccccc21. The highest BCUT2D eigenvalue weighted by Gasteiger charge is 2.30. The molecule has 0 atom stereocenters. The van der Waals surface area contributed by atoms with E-state index in [-0.39, 0.29) is 4.90 Å². The Morgan fingerprint density at radius 1 is 1.17 bits per heavy atom. The molecule has 0 spiro atoms. The lowest BCUT2D eigenvalue weighted by atomic mass is 10.2. The summed E-state index contributed by atoms with van der Waals surface area (Å²) in [5.41, 5.74) is 1.73. The summed E-state index contributed by atoms with van der Waals surface area (Å²) in [5, 5.41) is 1.18. The van der Waals surface area contributed by atoms with Gasteiger partial charge in [0.1, 0.15) is 4.90 Å². The molecule has 0 bridgehead atoms. The van der Waals surface area contributed by atoms with E-state index in [9.17, 15) is 8.42 Å². The first-order chi connectivity index (χ1) is 11.5. The van der Waals surface area contributed by atoms with Crippen LogP contribution in [-0.4, -0.2) is 20.1 Å². The van der Waals surface area contributed by atoms with Gasteiger partial charge in [-0.2, -0.15) is 8.42 Å². The van der Waals surface area contributed by atoms with E-state index in [1.54, 1.807) is 12.1 Å². The number of amidine groups is 1. The average molecular weight is 381 g/mol. The van der Waals surface area contributed by atoms with Crippen molar-refractivity contribution < 1.29 is 8.42 Å². The fourth-order valence-corrected chi connectivity index (χ4v) is 5.16. The van der Waals surface area contributed by atoms with E-state index >= 15 is 0 Å². The van der Waals surface area contributed by atoms with E-state index in [1.807, 2.05) is 41.3 Å². The predicted octanol–water partition coefficient (Wildman–Crippen LogP) is 4.55. The molecule has 1 heterocycles. The van der Waals surface area contributed by atoms with Crippen molar-refractivity contribution in [3.8, 4) is 0 Å². The van der Waals surface area contributed by atoms with Crippen molar-refractivity contribution in [2.45, 2.75) is 24.0 Å². The largest absolute Gasteiger partial charge is 0.319 e. The summed E-state index contributed by atoms with van der Waals surface area (Å²) in [7, 11) is -3.66. The van der Waals surface area contributed by atoms with Crippen LogP contribution in [-0.2, 0) is 15.8 Å². The van der Waals surface area contributed by atoms with Gasteiger partial charge < -0.3 is 4.90 Å². The molecule has 0 N–H and O–H groups in total. The lowest BCUT2D eigenvalue weighted by Gasteiger charge is -2.30. The molecule has 0 fully saturated rings. The average Bonchev–Trinajstić information content (AvgIpc) is 2.56. The Morgan fingerprint density at radius 3 is 2.71 bits per heavy atom. The fourth-order valence-electron chi connectivity index (χ4n) is 2.52. The molecule has 24 heavy (non-hydrogen) atoms. The number of thioether (sulfide) groups is 1. The fraction of sp³-hybridized carbons (Fsp3) is 0.235. The number of fused-ring (bicyclic) bond motifs is 1. The van der Waals surface area contributed by atoms with Crippen LogP contribution in [0.15, 0.2) is 57.8 Å². The van der Waals surface area contributed by atoms with Crippen LogP contribution in [0.5, 0.6) is 0 Å². The van der Waals surface area contributed by atoms with Crippen LogP contribution in [0.25, 0.3) is 0 Å². The maximum atomic E-state index is 12.5. The van der Waals surface area contributed by atoms with E-state index in [0.717, 1.165) is 12.0 Å². The quantitative estimate of drug-likeness (QED) is 0.780. The molecule has 1 aliphatic heterocycles. The second kappa shape index (κ2) is 7.17. The normalized spacial score (nSPS) is 15.8. The molecule has 4 nitrogen and oxygen atoms in total. The summed E-state index contributed by atoms with van der Waals surface area (Å²) < 4.78 is 28.9. The van der Waals surface area contributed by atoms with Crippen molar-refractivity contribution in [2.24, 2.45) is 4.40 Å².